The number of carbonyl (C=O) groups is 1. The summed E-state index contributed by atoms with van der Waals surface area (Å²) in [7, 11) is 0. The molecule has 4 nitrogen and oxygen atoms in total. The van der Waals surface area contributed by atoms with Crippen LogP contribution >= 0.6 is 11.3 Å². The van der Waals surface area contributed by atoms with Crippen molar-refractivity contribution in [1.29, 1.82) is 0 Å². The zero-order valence-corrected chi connectivity index (χ0v) is 10.5. The molecule has 0 amide bonds. The molecule has 0 aliphatic heterocycles. The first kappa shape index (κ1) is 12.8. The van der Waals surface area contributed by atoms with Crippen LogP contribution in [-0.4, -0.2) is 28.3 Å². The molecule has 0 saturated heterocycles. The lowest BCUT2D eigenvalue weighted by molar-refractivity contribution is -0.138. The van der Waals surface area contributed by atoms with Crippen molar-refractivity contribution in [2.24, 2.45) is 10.9 Å². The average molecular weight is 240 g/mol. The molecule has 16 heavy (non-hydrogen) atoms. The summed E-state index contributed by atoms with van der Waals surface area (Å²) in [6.07, 6.45) is 3.86. The molecule has 0 spiro atoms. The third kappa shape index (κ3) is 4.10. The molecule has 5 heteroatoms. The Balaban J connectivity index is 2.67. The van der Waals surface area contributed by atoms with Crippen molar-refractivity contribution < 1.29 is 9.90 Å². The summed E-state index contributed by atoms with van der Waals surface area (Å²) in [4.78, 5) is 20.2. The van der Waals surface area contributed by atoms with Crippen LogP contribution in [0.5, 0.6) is 0 Å². The third-order valence-corrected chi connectivity index (χ3v) is 2.83. The van der Waals surface area contributed by atoms with Crippen LogP contribution in [0.15, 0.2) is 11.2 Å². The minimum atomic E-state index is -0.877. The number of hydrogen-bond donors (Lipinski definition) is 1. The monoisotopic (exact) mass is 240 g/mol. The van der Waals surface area contributed by atoms with Gasteiger partial charge in [0.05, 0.1) is 6.21 Å². The first-order chi connectivity index (χ1) is 7.49. The number of rotatable bonds is 5. The fourth-order valence-electron chi connectivity index (χ4n) is 1.26. The van der Waals surface area contributed by atoms with Crippen LogP contribution in [0, 0.1) is 12.8 Å². The van der Waals surface area contributed by atoms with Gasteiger partial charge in [-0.25, -0.2) is 9.78 Å². The van der Waals surface area contributed by atoms with Gasteiger partial charge in [0.1, 0.15) is 11.0 Å². The Bertz CT molecular complexity index is 385. The van der Waals surface area contributed by atoms with E-state index in [-0.39, 0.29) is 0 Å². The minimum Gasteiger partial charge on any atom is -0.480 e. The highest BCUT2D eigenvalue weighted by Gasteiger charge is 2.16. The number of aromatic nitrogens is 1. The van der Waals surface area contributed by atoms with E-state index in [1.165, 1.54) is 11.3 Å². The summed E-state index contributed by atoms with van der Waals surface area (Å²) in [5.41, 5.74) is 0. The van der Waals surface area contributed by atoms with Gasteiger partial charge in [0.15, 0.2) is 0 Å². The first-order valence-corrected chi connectivity index (χ1v) is 5.99. The molecule has 0 saturated carbocycles. The molecule has 1 rings (SSSR count). The van der Waals surface area contributed by atoms with E-state index in [1.807, 2.05) is 20.8 Å². The number of aliphatic carboxylic acids is 1. The van der Waals surface area contributed by atoms with E-state index in [1.54, 1.807) is 12.4 Å². The van der Waals surface area contributed by atoms with Gasteiger partial charge < -0.3 is 5.11 Å². The first-order valence-electron chi connectivity index (χ1n) is 5.17. The minimum absolute atomic E-state index is 0.316. The number of hydrogen-bond acceptors (Lipinski definition) is 4. The Morgan fingerprint density at radius 2 is 2.38 bits per heavy atom. The number of carboxylic acids is 1. The van der Waals surface area contributed by atoms with Gasteiger partial charge >= 0.3 is 5.97 Å². The van der Waals surface area contributed by atoms with Crippen molar-refractivity contribution in [2.45, 2.75) is 33.2 Å². The Morgan fingerprint density at radius 1 is 1.69 bits per heavy atom. The second-order valence-corrected chi connectivity index (χ2v) is 5.34. The van der Waals surface area contributed by atoms with Crippen LogP contribution in [0.1, 0.15) is 30.2 Å². The molecule has 1 unspecified atom stereocenters. The molecular weight excluding hydrogens is 224 g/mol. The number of aryl methyl sites for hydroxylation is 1. The van der Waals surface area contributed by atoms with E-state index in [9.17, 15) is 4.79 Å². The van der Waals surface area contributed by atoms with Gasteiger partial charge in [-0.2, -0.15) is 0 Å². The zero-order chi connectivity index (χ0) is 12.1. The van der Waals surface area contributed by atoms with E-state index in [4.69, 9.17) is 5.11 Å². The van der Waals surface area contributed by atoms with E-state index >= 15 is 0 Å². The summed E-state index contributed by atoms with van der Waals surface area (Å²) >= 11 is 1.51. The van der Waals surface area contributed by atoms with Crippen LogP contribution in [0.2, 0.25) is 0 Å². The van der Waals surface area contributed by atoms with E-state index in [0.717, 1.165) is 9.88 Å². The Kier molecular flexibility index (Phi) is 4.61. The zero-order valence-electron chi connectivity index (χ0n) is 9.67. The highest BCUT2D eigenvalue weighted by atomic mass is 32.1. The lowest BCUT2D eigenvalue weighted by Gasteiger charge is -2.09. The fraction of sp³-hybridized carbons (Fsp3) is 0.545. The number of carboxylic acid groups (broad SMARTS) is 1. The smallest absolute Gasteiger partial charge is 0.328 e. The second kappa shape index (κ2) is 5.75. The van der Waals surface area contributed by atoms with E-state index in [0.29, 0.717) is 12.3 Å². The molecule has 1 aromatic rings. The van der Waals surface area contributed by atoms with Gasteiger partial charge in [-0.3, -0.25) is 4.99 Å². The quantitative estimate of drug-likeness (QED) is 0.804. The second-order valence-electron chi connectivity index (χ2n) is 4.07. The maximum Gasteiger partial charge on any atom is 0.328 e. The fourth-order valence-corrected chi connectivity index (χ4v) is 1.91. The van der Waals surface area contributed by atoms with E-state index in [2.05, 4.69) is 9.98 Å². The van der Waals surface area contributed by atoms with Gasteiger partial charge in [-0.1, -0.05) is 13.8 Å². The molecule has 0 radical (unpaired) electrons. The van der Waals surface area contributed by atoms with Crippen LogP contribution < -0.4 is 0 Å². The van der Waals surface area contributed by atoms with Crippen molar-refractivity contribution in [2.75, 3.05) is 0 Å². The predicted octanol–water partition coefficient (Wildman–Crippen LogP) is 2.37. The highest BCUT2D eigenvalue weighted by molar-refractivity contribution is 7.13. The van der Waals surface area contributed by atoms with Crippen molar-refractivity contribution in [3.63, 3.8) is 0 Å². The van der Waals surface area contributed by atoms with Crippen molar-refractivity contribution >= 4 is 23.5 Å². The molecule has 1 heterocycles. The number of thiazole rings is 1. The lowest BCUT2D eigenvalue weighted by Crippen LogP contribution is -2.20. The van der Waals surface area contributed by atoms with Gasteiger partial charge in [-0.15, -0.1) is 11.3 Å². The molecule has 0 bridgehead atoms. The summed E-state index contributed by atoms with van der Waals surface area (Å²) in [6.45, 7) is 5.93. The Morgan fingerprint density at radius 3 is 2.81 bits per heavy atom. The van der Waals surface area contributed by atoms with Gasteiger partial charge in [0.25, 0.3) is 0 Å². The van der Waals surface area contributed by atoms with Gasteiger partial charge in [0, 0.05) is 11.1 Å². The van der Waals surface area contributed by atoms with Crippen molar-refractivity contribution in [3.8, 4) is 0 Å². The number of aliphatic imine (C=N–C) groups is 1. The molecule has 0 aliphatic rings. The molecule has 1 atom stereocenters. The Labute approximate surface area is 99.1 Å². The normalized spacial score (nSPS) is 13.5. The molecule has 0 aliphatic carbocycles. The summed E-state index contributed by atoms with van der Waals surface area (Å²) in [5, 5.41) is 9.73. The lowest BCUT2D eigenvalue weighted by atomic mass is 10.0. The molecular formula is C11H16N2O2S. The summed E-state index contributed by atoms with van der Waals surface area (Å²) < 4.78 is 0. The molecule has 88 valence electrons. The third-order valence-electron chi connectivity index (χ3n) is 1.98. The van der Waals surface area contributed by atoms with Crippen molar-refractivity contribution in [3.05, 3.63) is 16.1 Å². The van der Waals surface area contributed by atoms with Gasteiger partial charge in [-0.05, 0) is 19.3 Å². The topological polar surface area (TPSA) is 62.5 Å². The molecule has 1 aromatic heterocycles. The van der Waals surface area contributed by atoms with Crippen LogP contribution in [-0.2, 0) is 4.79 Å². The largest absolute Gasteiger partial charge is 0.480 e. The average Bonchev–Trinajstić information content (AvgIpc) is 2.58. The standard InChI is InChI=1S/C11H16N2O2S/c1-7(2)4-9(11(14)15)12-6-10-13-5-8(3)16-10/h5-7,9H,4H2,1-3H3,(H,14,15)/b12-6+. The van der Waals surface area contributed by atoms with Crippen LogP contribution in [0.25, 0.3) is 0 Å². The van der Waals surface area contributed by atoms with Crippen molar-refractivity contribution in [1.82, 2.24) is 4.98 Å². The molecule has 1 N–H and O–H groups in total. The highest BCUT2D eigenvalue weighted by Crippen LogP contribution is 2.11. The molecule has 0 aromatic carbocycles. The maximum absolute atomic E-state index is 10.9. The SMILES string of the molecule is Cc1cnc(/C=N/C(CC(C)C)C(=O)O)s1. The number of nitrogens with zero attached hydrogens (tertiary/aromatic N) is 2. The molecule has 0 fully saturated rings. The Hall–Kier alpha value is -1.23. The summed E-state index contributed by atoms with van der Waals surface area (Å²) in [6, 6.07) is -0.663. The van der Waals surface area contributed by atoms with Crippen LogP contribution in [0.4, 0.5) is 0 Å². The van der Waals surface area contributed by atoms with E-state index < -0.39 is 12.0 Å². The summed E-state index contributed by atoms with van der Waals surface area (Å²) in [5.74, 6) is -0.561. The van der Waals surface area contributed by atoms with Crippen LogP contribution in [0.3, 0.4) is 0 Å². The predicted molar refractivity (Wildman–Crippen MR) is 65.3 cm³/mol. The maximum atomic E-state index is 10.9. The van der Waals surface area contributed by atoms with Gasteiger partial charge in [0.2, 0.25) is 0 Å².